The number of benzene rings is 3. The molecule has 0 bridgehead atoms. The van der Waals surface area contributed by atoms with Crippen LogP contribution in [0.25, 0.3) is 22.2 Å². The summed E-state index contributed by atoms with van der Waals surface area (Å²) in [5.74, 6) is -4.70. The van der Waals surface area contributed by atoms with Gasteiger partial charge in [0.1, 0.15) is 23.0 Å². The Bertz CT molecular complexity index is 1480. The molecule has 198 valence electrons. The third kappa shape index (κ3) is 4.80. The molecule has 1 aliphatic rings. The number of aromatic nitrogens is 2. The number of hydrogen-bond donors (Lipinski definition) is 1. The summed E-state index contributed by atoms with van der Waals surface area (Å²) in [6.45, 7) is 0.508. The Hall–Kier alpha value is -4.02. The number of halogens is 6. The number of piperidine rings is 1. The maximum atomic E-state index is 14.4. The summed E-state index contributed by atoms with van der Waals surface area (Å²) < 4.78 is 84.7. The maximum absolute atomic E-state index is 14.4. The Morgan fingerprint density at radius 1 is 0.974 bits per heavy atom. The number of anilines is 1. The van der Waals surface area contributed by atoms with Gasteiger partial charge >= 0.3 is 12.1 Å². The van der Waals surface area contributed by atoms with Crippen molar-refractivity contribution in [2.24, 2.45) is 5.92 Å². The highest BCUT2D eigenvalue weighted by molar-refractivity contribution is 5.95. The lowest BCUT2D eigenvalue weighted by atomic mass is 9.96. The number of fused-ring (bicyclic) bond motifs is 1. The highest BCUT2D eigenvalue weighted by Crippen LogP contribution is 2.39. The van der Waals surface area contributed by atoms with E-state index in [1.165, 1.54) is 12.1 Å². The van der Waals surface area contributed by atoms with Crippen molar-refractivity contribution in [3.63, 3.8) is 0 Å². The van der Waals surface area contributed by atoms with Crippen molar-refractivity contribution in [2.45, 2.75) is 25.6 Å². The van der Waals surface area contributed by atoms with Gasteiger partial charge in [-0.25, -0.2) is 13.2 Å². The molecule has 0 spiro atoms. The van der Waals surface area contributed by atoms with Crippen LogP contribution in [0.4, 0.5) is 32.0 Å². The van der Waals surface area contributed by atoms with Gasteiger partial charge in [-0.2, -0.15) is 18.3 Å². The van der Waals surface area contributed by atoms with Gasteiger partial charge in [-0.1, -0.05) is 24.3 Å². The number of rotatable bonds is 5. The molecule has 0 saturated carbocycles. The Kier molecular flexibility index (Phi) is 6.54. The summed E-state index contributed by atoms with van der Waals surface area (Å²) in [6, 6.07) is 11.4. The van der Waals surface area contributed by atoms with Crippen molar-refractivity contribution in [3.05, 3.63) is 83.2 Å². The third-order valence-corrected chi connectivity index (χ3v) is 6.84. The minimum absolute atomic E-state index is 0.137. The van der Waals surface area contributed by atoms with Crippen molar-refractivity contribution >= 4 is 22.6 Å². The summed E-state index contributed by atoms with van der Waals surface area (Å²) in [6.07, 6.45) is -3.73. The Morgan fingerprint density at radius 3 is 2.18 bits per heavy atom. The molecule has 1 aliphatic heterocycles. The van der Waals surface area contributed by atoms with Gasteiger partial charge in [-0.3, -0.25) is 9.48 Å². The molecule has 4 aromatic rings. The van der Waals surface area contributed by atoms with Crippen LogP contribution in [0.5, 0.6) is 0 Å². The van der Waals surface area contributed by atoms with Crippen molar-refractivity contribution < 1.29 is 36.2 Å². The van der Waals surface area contributed by atoms with Crippen LogP contribution < -0.4 is 4.90 Å². The zero-order chi connectivity index (χ0) is 27.2. The van der Waals surface area contributed by atoms with E-state index in [0.29, 0.717) is 43.6 Å². The van der Waals surface area contributed by atoms with Gasteiger partial charge in [-0.05, 0) is 31.0 Å². The molecule has 2 heterocycles. The number of carbonyl (C=O) groups is 1. The summed E-state index contributed by atoms with van der Waals surface area (Å²) in [7, 11) is 0. The van der Waals surface area contributed by atoms with Crippen LogP contribution in [-0.2, 0) is 17.5 Å². The molecule has 0 radical (unpaired) electrons. The zero-order valence-corrected chi connectivity index (χ0v) is 19.8. The van der Waals surface area contributed by atoms with Crippen LogP contribution in [0, 0.1) is 23.4 Å². The van der Waals surface area contributed by atoms with Crippen molar-refractivity contribution in [1.29, 1.82) is 0 Å². The van der Waals surface area contributed by atoms with Gasteiger partial charge in [-0.15, -0.1) is 0 Å². The normalized spacial score (nSPS) is 14.8. The lowest BCUT2D eigenvalue weighted by Crippen LogP contribution is -2.36. The number of nitrogens with zero attached hydrogens (tertiary/aromatic N) is 3. The van der Waals surface area contributed by atoms with E-state index >= 15 is 0 Å². The topological polar surface area (TPSA) is 58.4 Å². The second kappa shape index (κ2) is 9.70. The average molecular weight is 533 g/mol. The monoisotopic (exact) mass is 533 g/mol. The minimum atomic E-state index is -4.71. The second-order valence-corrected chi connectivity index (χ2v) is 9.20. The second-order valence-electron chi connectivity index (χ2n) is 9.20. The maximum Gasteiger partial charge on any atom is 0.418 e. The van der Waals surface area contributed by atoms with E-state index < -0.39 is 53.2 Å². The van der Waals surface area contributed by atoms with Crippen molar-refractivity contribution in [1.82, 2.24) is 9.78 Å². The van der Waals surface area contributed by atoms with E-state index in [2.05, 4.69) is 5.10 Å². The molecule has 5 rings (SSSR count). The summed E-state index contributed by atoms with van der Waals surface area (Å²) in [5.41, 5.74) is -0.429. The summed E-state index contributed by atoms with van der Waals surface area (Å²) >= 11 is 0. The standard InChI is InChI=1S/C27H21F6N3O2/c28-17-12-22(29)20(23(30)13-17)14-36-25(19-2-1-3-21(24(19)34-36)27(31,32)33)15-4-6-18(7-5-15)35-10-8-16(9-11-35)26(37)38/h1-7,12-13,16H,8-11,14H2,(H,37,38). The average Bonchev–Trinajstić information content (AvgIpc) is 3.23. The largest absolute Gasteiger partial charge is 0.481 e. The Labute approximate surface area is 212 Å². The predicted octanol–water partition coefficient (Wildman–Crippen LogP) is 6.49. The predicted molar refractivity (Wildman–Crippen MR) is 128 cm³/mol. The Balaban J connectivity index is 1.57. The molecule has 38 heavy (non-hydrogen) atoms. The van der Waals surface area contributed by atoms with E-state index in [4.69, 9.17) is 0 Å². The van der Waals surface area contributed by atoms with E-state index in [1.54, 1.807) is 24.3 Å². The van der Waals surface area contributed by atoms with E-state index in [9.17, 15) is 36.2 Å². The first-order chi connectivity index (χ1) is 18.0. The van der Waals surface area contributed by atoms with E-state index in [-0.39, 0.29) is 16.6 Å². The van der Waals surface area contributed by atoms with Crippen LogP contribution in [-0.4, -0.2) is 33.9 Å². The van der Waals surface area contributed by atoms with Gasteiger partial charge in [0.05, 0.1) is 23.7 Å². The fourth-order valence-corrected chi connectivity index (χ4v) is 4.89. The molecular formula is C27H21F6N3O2. The molecule has 0 unspecified atom stereocenters. The van der Waals surface area contributed by atoms with Crippen LogP contribution in [0.3, 0.4) is 0 Å². The first-order valence-electron chi connectivity index (χ1n) is 11.8. The number of carboxylic acid groups (broad SMARTS) is 1. The lowest BCUT2D eigenvalue weighted by Gasteiger charge is -2.32. The first kappa shape index (κ1) is 25.6. The molecular weight excluding hydrogens is 512 g/mol. The van der Waals surface area contributed by atoms with Crippen molar-refractivity contribution in [2.75, 3.05) is 18.0 Å². The fourth-order valence-electron chi connectivity index (χ4n) is 4.89. The molecule has 1 aromatic heterocycles. The van der Waals surface area contributed by atoms with Gasteiger partial charge in [0.2, 0.25) is 0 Å². The SMILES string of the molecule is O=C(O)C1CCN(c2ccc(-c3c4cccc(C(F)(F)F)c4nn3Cc3c(F)cc(F)cc3F)cc2)CC1. The van der Waals surface area contributed by atoms with Crippen molar-refractivity contribution in [3.8, 4) is 11.3 Å². The molecule has 0 atom stereocenters. The zero-order valence-electron chi connectivity index (χ0n) is 19.8. The van der Waals surface area contributed by atoms with E-state index in [0.717, 1.165) is 16.4 Å². The van der Waals surface area contributed by atoms with Gasteiger partial charge in [0.25, 0.3) is 0 Å². The van der Waals surface area contributed by atoms with Gasteiger partial charge in [0.15, 0.2) is 0 Å². The lowest BCUT2D eigenvalue weighted by molar-refractivity contribution is -0.142. The molecule has 11 heteroatoms. The molecule has 0 amide bonds. The van der Waals surface area contributed by atoms with Gasteiger partial charge < -0.3 is 10.0 Å². The molecule has 0 aliphatic carbocycles. The van der Waals surface area contributed by atoms with E-state index in [1.807, 2.05) is 4.90 Å². The summed E-state index contributed by atoms with van der Waals surface area (Å²) in [4.78, 5) is 13.2. The molecule has 1 saturated heterocycles. The molecule has 5 nitrogen and oxygen atoms in total. The van der Waals surface area contributed by atoms with Gasteiger partial charge in [0, 0.05) is 47.4 Å². The molecule has 1 N–H and O–H groups in total. The van der Waals surface area contributed by atoms with Crippen LogP contribution >= 0.6 is 0 Å². The number of carboxylic acids is 1. The highest BCUT2D eigenvalue weighted by Gasteiger charge is 2.35. The molecule has 3 aromatic carbocycles. The van der Waals surface area contributed by atoms with Crippen LogP contribution in [0.2, 0.25) is 0 Å². The number of alkyl halides is 3. The third-order valence-electron chi connectivity index (χ3n) is 6.84. The minimum Gasteiger partial charge on any atom is -0.481 e. The highest BCUT2D eigenvalue weighted by atomic mass is 19.4. The number of hydrogen-bond acceptors (Lipinski definition) is 3. The van der Waals surface area contributed by atoms with Crippen LogP contribution in [0.15, 0.2) is 54.6 Å². The molecule has 1 fully saturated rings. The Morgan fingerprint density at radius 2 is 1.61 bits per heavy atom. The summed E-state index contributed by atoms with van der Waals surface area (Å²) in [5, 5.41) is 13.4. The van der Waals surface area contributed by atoms with Crippen LogP contribution in [0.1, 0.15) is 24.0 Å². The number of aliphatic carboxylic acids is 1. The smallest absolute Gasteiger partial charge is 0.418 e. The first-order valence-corrected chi connectivity index (χ1v) is 11.8. The quantitative estimate of drug-likeness (QED) is 0.298. The fraction of sp³-hybridized carbons (Fsp3) is 0.259.